The average molecular weight is 352 g/mol. The summed E-state index contributed by atoms with van der Waals surface area (Å²) in [6.07, 6.45) is 3.35. The van der Waals surface area contributed by atoms with Crippen molar-refractivity contribution in [3.8, 4) is 0 Å². The molecule has 0 aromatic carbocycles. The Kier molecular flexibility index (Phi) is 3.95. The Balaban J connectivity index is 2.05. The first-order valence-corrected chi connectivity index (χ1v) is 7.69. The van der Waals surface area contributed by atoms with E-state index in [1.165, 1.54) is 5.56 Å². The fraction of sp³-hybridized carbons (Fsp3) is 0.500. The van der Waals surface area contributed by atoms with E-state index in [-0.39, 0.29) is 6.04 Å². The Morgan fingerprint density at radius 2 is 2.19 bits per heavy atom. The molecule has 6 nitrogen and oxygen atoms in total. The van der Waals surface area contributed by atoms with E-state index in [9.17, 15) is 0 Å². The van der Waals surface area contributed by atoms with Gasteiger partial charge in [0.1, 0.15) is 12.1 Å². The Morgan fingerprint density at radius 3 is 2.86 bits per heavy atom. The number of halogens is 1. The van der Waals surface area contributed by atoms with Gasteiger partial charge in [0.05, 0.1) is 29.4 Å². The number of hydrogen-bond acceptors (Lipinski definition) is 5. The highest BCUT2D eigenvalue weighted by Crippen LogP contribution is 2.34. The largest absolute Gasteiger partial charge is 0.377 e. The molecule has 1 aliphatic heterocycles. The van der Waals surface area contributed by atoms with Gasteiger partial charge in [-0.3, -0.25) is 4.68 Å². The highest BCUT2D eigenvalue weighted by atomic mass is 79.9. The maximum absolute atomic E-state index is 5.71. The van der Waals surface area contributed by atoms with Crippen molar-refractivity contribution < 1.29 is 4.74 Å². The van der Waals surface area contributed by atoms with Crippen LogP contribution < -0.4 is 4.90 Å². The molecule has 1 aliphatic rings. The van der Waals surface area contributed by atoms with E-state index in [1.807, 2.05) is 18.7 Å². The molecule has 0 unspecified atom stereocenters. The predicted molar refractivity (Wildman–Crippen MR) is 83.3 cm³/mol. The van der Waals surface area contributed by atoms with Crippen LogP contribution >= 0.6 is 15.9 Å². The van der Waals surface area contributed by atoms with Gasteiger partial charge in [-0.15, -0.1) is 0 Å². The molecule has 1 atom stereocenters. The summed E-state index contributed by atoms with van der Waals surface area (Å²) < 4.78 is 8.53. The van der Waals surface area contributed by atoms with Crippen molar-refractivity contribution in [1.82, 2.24) is 19.7 Å². The van der Waals surface area contributed by atoms with Gasteiger partial charge >= 0.3 is 0 Å². The van der Waals surface area contributed by atoms with E-state index >= 15 is 0 Å². The number of nitrogens with zero attached hydrogens (tertiary/aromatic N) is 5. The number of aromatic nitrogens is 4. The molecular weight excluding hydrogens is 334 g/mol. The molecule has 1 saturated heterocycles. The monoisotopic (exact) mass is 351 g/mol. The van der Waals surface area contributed by atoms with Crippen LogP contribution in [0.4, 0.5) is 5.82 Å². The third-order valence-electron chi connectivity index (χ3n) is 3.95. The zero-order chi connectivity index (χ0) is 15.0. The lowest BCUT2D eigenvalue weighted by Crippen LogP contribution is -2.40. The van der Waals surface area contributed by atoms with E-state index in [4.69, 9.17) is 4.74 Å². The van der Waals surface area contributed by atoms with E-state index in [2.05, 4.69) is 42.8 Å². The lowest BCUT2D eigenvalue weighted by molar-refractivity contribution is 0.0932. The van der Waals surface area contributed by atoms with Crippen LogP contribution in [-0.4, -0.2) is 39.5 Å². The molecule has 3 rings (SSSR count). The highest BCUT2D eigenvalue weighted by molar-refractivity contribution is 9.10. The summed E-state index contributed by atoms with van der Waals surface area (Å²) in [7, 11) is 1.97. The zero-order valence-electron chi connectivity index (χ0n) is 12.4. The molecule has 112 valence electrons. The average Bonchev–Trinajstić information content (AvgIpc) is 2.73. The first kappa shape index (κ1) is 14.5. The quantitative estimate of drug-likeness (QED) is 0.829. The van der Waals surface area contributed by atoms with Crippen molar-refractivity contribution in [3.63, 3.8) is 0 Å². The van der Waals surface area contributed by atoms with Crippen LogP contribution in [0.1, 0.15) is 23.0 Å². The maximum atomic E-state index is 5.71. The van der Waals surface area contributed by atoms with E-state index < -0.39 is 0 Å². The van der Waals surface area contributed by atoms with Crippen molar-refractivity contribution in [1.29, 1.82) is 0 Å². The smallest absolute Gasteiger partial charge is 0.147 e. The standard InChI is InChI=1S/C14H18BrN5O/c1-9-13(10(2)19(3)18-9)12-7-21-5-4-20(12)14-11(15)6-16-8-17-14/h6,8,12H,4-5,7H2,1-3H3/t12-/m0/s1. The SMILES string of the molecule is Cc1nn(C)c(C)c1[C@@H]1COCCN1c1ncncc1Br. The fourth-order valence-corrected chi connectivity index (χ4v) is 3.33. The second-order valence-corrected chi connectivity index (χ2v) is 6.04. The number of rotatable bonds is 2. The van der Waals surface area contributed by atoms with Gasteiger partial charge in [-0.1, -0.05) is 0 Å². The third kappa shape index (κ3) is 2.55. The van der Waals surface area contributed by atoms with Crippen molar-refractivity contribution in [3.05, 3.63) is 33.9 Å². The molecule has 3 heterocycles. The molecule has 7 heteroatoms. The number of aryl methyl sites for hydroxylation is 2. The van der Waals surface area contributed by atoms with Crippen LogP contribution in [0.3, 0.4) is 0 Å². The summed E-state index contributed by atoms with van der Waals surface area (Å²) in [5.74, 6) is 0.904. The van der Waals surface area contributed by atoms with Crippen LogP contribution in [0.15, 0.2) is 17.0 Å². The lowest BCUT2D eigenvalue weighted by atomic mass is 10.0. The molecular formula is C14H18BrN5O. The number of hydrogen-bond donors (Lipinski definition) is 0. The summed E-state index contributed by atoms with van der Waals surface area (Å²) in [5, 5.41) is 4.53. The summed E-state index contributed by atoms with van der Waals surface area (Å²) in [6, 6.07) is 0.124. The molecule has 1 fully saturated rings. The minimum absolute atomic E-state index is 0.124. The molecule has 0 bridgehead atoms. The van der Waals surface area contributed by atoms with E-state index in [0.717, 1.165) is 28.2 Å². The van der Waals surface area contributed by atoms with Crippen LogP contribution in [0.2, 0.25) is 0 Å². The number of anilines is 1. The van der Waals surface area contributed by atoms with Crippen LogP contribution in [0.5, 0.6) is 0 Å². The van der Waals surface area contributed by atoms with Gasteiger partial charge in [0.2, 0.25) is 0 Å². The van der Waals surface area contributed by atoms with Gasteiger partial charge < -0.3 is 9.64 Å². The molecule has 0 spiro atoms. The van der Waals surface area contributed by atoms with Crippen molar-refractivity contribution in [2.45, 2.75) is 19.9 Å². The molecule has 0 aliphatic carbocycles. The molecule has 0 radical (unpaired) electrons. The van der Waals surface area contributed by atoms with Gasteiger partial charge in [0, 0.05) is 31.0 Å². The minimum atomic E-state index is 0.124. The molecule has 21 heavy (non-hydrogen) atoms. The number of morpholine rings is 1. The van der Waals surface area contributed by atoms with Gasteiger partial charge in [0.15, 0.2) is 0 Å². The fourth-order valence-electron chi connectivity index (χ4n) is 2.89. The Labute approximate surface area is 132 Å². The van der Waals surface area contributed by atoms with Crippen LogP contribution in [-0.2, 0) is 11.8 Å². The Hall–Kier alpha value is -1.47. The summed E-state index contributed by atoms with van der Waals surface area (Å²) in [6.45, 7) is 6.28. The van der Waals surface area contributed by atoms with Crippen molar-refractivity contribution in [2.24, 2.45) is 7.05 Å². The topological polar surface area (TPSA) is 56.1 Å². The maximum Gasteiger partial charge on any atom is 0.147 e. The van der Waals surface area contributed by atoms with Gasteiger partial charge in [-0.05, 0) is 29.8 Å². The van der Waals surface area contributed by atoms with Crippen molar-refractivity contribution in [2.75, 3.05) is 24.7 Å². The van der Waals surface area contributed by atoms with Crippen molar-refractivity contribution >= 4 is 21.7 Å². The lowest BCUT2D eigenvalue weighted by Gasteiger charge is -2.37. The highest BCUT2D eigenvalue weighted by Gasteiger charge is 2.31. The first-order chi connectivity index (χ1) is 10.1. The summed E-state index contributed by atoms with van der Waals surface area (Å²) >= 11 is 3.55. The van der Waals surface area contributed by atoms with Crippen LogP contribution in [0, 0.1) is 13.8 Å². The summed E-state index contributed by atoms with van der Waals surface area (Å²) in [5.41, 5.74) is 3.43. The number of ether oxygens (including phenoxy) is 1. The third-order valence-corrected chi connectivity index (χ3v) is 4.51. The van der Waals surface area contributed by atoms with Gasteiger partial charge in [-0.2, -0.15) is 5.10 Å². The van der Waals surface area contributed by atoms with Gasteiger partial charge in [-0.25, -0.2) is 9.97 Å². The zero-order valence-corrected chi connectivity index (χ0v) is 14.0. The van der Waals surface area contributed by atoms with E-state index in [0.29, 0.717) is 13.2 Å². The second kappa shape index (κ2) is 5.73. The molecule has 0 saturated carbocycles. The first-order valence-electron chi connectivity index (χ1n) is 6.89. The molecule has 0 amide bonds. The van der Waals surface area contributed by atoms with E-state index in [1.54, 1.807) is 12.5 Å². The Bertz CT molecular complexity index is 657. The van der Waals surface area contributed by atoms with Gasteiger partial charge in [0.25, 0.3) is 0 Å². The predicted octanol–water partition coefficient (Wildman–Crippen LogP) is 2.17. The molecule has 0 N–H and O–H groups in total. The normalized spacial score (nSPS) is 19.0. The Morgan fingerprint density at radius 1 is 1.38 bits per heavy atom. The van der Waals surface area contributed by atoms with Crippen LogP contribution in [0.25, 0.3) is 0 Å². The molecule has 2 aromatic heterocycles. The second-order valence-electron chi connectivity index (χ2n) is 5.19. The summed E-state index contributed by atoms with van der Waals surface area (Å²) in [4.78, 5) is 10.7. The molecule has 2 aromatic rings. The minimum Gasteiger partial charge on any atom is -0.377 e.